The van der Waals surface area contributed by atoms with Crippen molar-refractivity contribution in [1.82, 2.24) is 15.1 Å². The topological polar surface area (TPSA) is 35.6 Å². The number of piperidine rings is 1. The molecule has 4 nitrogen and oxygen atoms in total. The van der Waals surface area contributed by atoms with Gasteiger partial charge in [0.1, 0.15) is 0 Å². The Labute approximate surface area is 91.6 Å². The molecule has 86 valence electrons. The van der Waals surface area contributed by atoms with Gasteiger partial charge < -0.3 is 10.2 Å². The smallest absolute Gasteiger partial charge is 0.238 e. The standard InChI is InChI=1S/C11H21N3O/c1-4-14-9(2)10(15)12-11(14)5-7-13(3)8-6-11/h9H,4-8H2,1-3H3,(H,12,15). The molecule has 0 saturated carbocycles. The largest absolute Gasteiger partial charge is 0.336 e. The molecule has 2 fully saturated rings. The van der Waals surface area contributed by atoms with Crippen LogP contribution in [0, 0.1) is 0 Å². The third-order valence-electron chi connectivity index (χ3n) is 3.91. The highest BCUT2D eigenvalue weighted by Crippen LogP contribution is 2.32. The number of carbonyl (C=O) groups is 1. The average Bonchev–Trinajstić information content (AvgIpc) is 2.45. The van der Waals surface area contributed by atoms with Crippen molar-refractivity contribution in [2.75, 3.05) is 26.7 Å². The molecule has 2 aliphatic heterocycles. The van der Waals surface area contributed by atoms with E-state index in [0.29, 0.717) is 0 Å². The van der Waals surface area contributed by atoms with Crippen molar-refractivity contribution in [2.24, 2.45) is 0 Å². The number of nitrogens with one attached hydrogen (secondary N) is 1. The second-order valence-corrected chi connectivity index (χ2v) is 4.79. The Morgan fingerprint density at radius 3 is 2.60 bits per heavy atom. The Kier molecular flexibility index (Phi) is 2.73. The van der Waals surface area contributed by atoms with Crippen LogP contribution in [0.1, 0.15) is 26.7 Å². The van der Waals surface area contributed by atoms with E-state index in [-0.39, 0.29) is 17.6 Å². The highest BCUT2D eigenvalue weighted by atomic mass is 16.2. The van der Waals surface area contributed by atoms with Crippen LogP contribution in [-0.4, -0.2) is 54.1 Å². The number of carbonyl (C=O) groups excluding carboxylic acids is 1. The molecule has 15 heavy (non-hydrogen) atoms. The van der Waals surface area contributed by atoms with Gasteiger partial charge in [0.15, 0.2) is 0 Å². The van der Waals surface area contributed by atoms with E-state index in [9.17, 15) is 4.79 Å². The second-order valence-electron chi connectivity index (χ2n) is 4.79. The molecule has 2 heterocycles. The number of hydrogen-bond acceptors (Lipinski definition) is 3. The van der Waals surface area contributed by atoms with Gasteiger partial charge in [-0.2, -0.15) is 0 Å². The van der Waals surface area contributed by atoms with E-state index < -0.39 is 0 Å². The van der Waals surface area contributed by atoms with Gasteiger partial charge in [0, 0.05) is 13.1 Å². The average molecular weight is 211 g/mol. The summed E-state index contributed by atoms with van der Waals surface area (Å²) in [7, 11) is 2.14. The van der Waals surface area contributed by atoms with Crippen LogP contribution in [0.4, 0.5) is 0 Å². The van der Waals surface area contributed by atoms with E-state index in [1.807, 2.05) is 6.92 Å². The minimum atomic E-state index is -0.0439. The van der Waals surface area contributed by atoms with Crippen LogP contribution in [0.15, 0.2) is 0 Å². The number of likely N-dealkylation sites (N-methyl/N-ethyl adjacent to an activating group) is 1. The van der Waals surface area contributed by atoms with Crippen molar-refractivity contribution in [3.8, 4) is 0 Å². The summed E-state index contributed by atoms with van der Waals surface area (Å²) in [6, 6.07) is 0.0402. The van der Waals surface area contributed by atoms with E-state index in [2.05, 4.69) is 29.1 Å². The van der Waals surface area contributed by atoms with Gasteiger partial charge in [-0.05, 0) is 33.4 Å². The lowest BCUT2D eigenvalue weighted by Gasteiger charge is -2.43. The zero-order valence-corrected chi connectivity index (χ0v) is 9.92. The van der Waals surface area contributed by atoms with E-state index in [0.717, 1.165) is 32.5 Å². The molecule has 1 unspecified atom stereocenters. The van der Waals surface area contributed by atoms with Crippen LogP contribution < -0.4 is 5.32 Å². The predicted octanol–water partition coefficient (Wildman–Crippen LogP) is 0.249. The van der Waals surface area contributed by atoms with Crippen molar-refractivity contribution >= 4 is 5.91 Å². The van der Waals surface area contributed by atoms with Crippen LogP contribution in [0.2, 0.25) is 0 Å². The maximum atomic E-state index is 11.7. The van der Waals surface area contributed by atoms with Gasteiger partial charge in [-0.25, -0.2) is 0 Å². The van der Waals surface area contributed by atoms with Crippen molar-refractivity contribution in [1.29, 1.82) is 0 Å². The first-order valence-electron chi connectivity index (χ1n) is 5.86. The number of likely N-dealkylation sites (tertiary alicyclic amines) is 1. The molecule has 1 N–H and O–H groups in total. The molecule has 2 rings (SSSR count). The lowest BCUT2D eigenvalue weighted by atomic mass is 9.96. The lowest BCUT2D eigenvalue weighted by molar-refractivity contribution is -0.121. The number of hydrogen-bond donors (Lipinski definition) is 1. The summed E-state index contributed by atoms with van der Waals surface area (Å²) in [6.45, 7) is 7.24. The van der Waals surface area contributed by atoms with Crippen molar-refractivity contribution < 1.29 is 4.79 Å². The van der Waals surface area contributed by atoms with Crippen LogP contribution in [0.5, 0.6) is 0 Å². The van der Waals surface area contributed by atoms with Crippen molar-refractivity contribution in [3.63, 3.8) is 0 Å². The van der Waals surface area contributed by atoms with Gasteiger partial charge in [0.2, 0.25) is 5.91 Å². The molecule has 0 aromatic carbocycles. The molecule has 2 saturated heterocycles. The normalized spacial score (nSPS) is 32.2. The second kappa shape index (κ2) is 3.76. The molecule has 1 atom stereocenters. The summed E-state index contributed by atoms with van der Waals surface area (Å²) in [5, 5.41) is 3.20. The van der Waals surface area contributed by atoms with Crippen molar-refractivity contribution in [3.05, 3.63) is 0 Å². The first-order chi connectivity index (χ1) is 7.09. The Bertz CT molecular complexity index is 259. The number of rotatable bonds is 1. The molecule has 0 aromatic rings. The molecule has 2 aliphatic rings. The first-order valence-corrected chi connectivity index (χ1v) is 5.86. The zero-order valence-electron chi connectivity index (χ0n) is 9.92. The van der Waals surface area contributed by atoms with E-state index in [1.165, 1.54) is 0 Å². The molecule has 1 spiro atoms. The van der Waals surface area contributed by atoms with Gasteiger partial charge >= 0.3 is 0 Å². The summed E-state index contributed by atoms with van der Waals surface area (Å²) in [5.41, 5.74) is -0.0439. The SMILES string of the molecule is CCN1C(C)C(=O)NC12CCN(C)CC2. The quantitative estimate of drug-likeness (QED) is 0.675. The van der Waals surface area contributed by atoms with Crippen LogP contribution in [0.25, 0.3) is 0 Å². The number of nitrogens with zero attached hydrogens (tertiary/aromatic N) is 2. The Morgan fingerprint density at radius 2 is 2.07 bits per heavy atom. The van der Waals surface area contributed by atoms with E-state index in [4.69, 9.17) is 0 Å². The summed E-state index contributed by atoms with van der Waals surface area (Å²) in [4.78, 5) is 16.4. The number of amides is 1. The van der Waals surface area contributed by atoms with Gasteiger partial charge in [0.05, 0.1) is 11.7 Å². The highest BCUT2D eigenvalue weighted by molar-refractivity contribution is 5.84. The van der Waals surface area contributed by atoms with E-state index in [1.54, 1.807) is 0 Å². The molecular weight excluding hydrogens is 190 g/mol. The van der Waals surface area contributed by atoms with E-state index >= 15 is 0 Å². The predicted molar refractivity (Wildman–Crippen MR) is 59.4 cm³/mol. The maximum Gasteiger partial charge on any atom is 0.238 e. The summed E-state index contributed by atoms with van der Waals surface area (Å²) >= 11 is 0. The maximum absolute atomic E-state index is 11.7. The summed E-state index contributed by atoms with van der Waals surface area (Å²) < 4.78 is 0. The fourth-order valence-corrected chi connectivity index (χ4v) is 2.89. The molecule has 1 amide bonds. The van der Waals surface area contributed by atoms with Gasteiger partial charge in [-0.1, -0.05) is 6.92 Å². The van der Waals surface area contributed by atoms with Crippen molar-refractivity contribution in [2.45, 2.75) is 38.4 Å². The van der Waals surface area contributed by atoms with Gasteiger partial charge in [-0.3, -0.25) is 9.69 Å². The highest BCUT2D eigenvalue weighted by Gasteiger charge is 2.48. The lowest BCUT2D eigenvalue weighted by Crippen LogP contribution is -2.58. The summed E-state index contributed by atoms with van der Waals surface area (Å²) in [6.07, 6.45) is 2.10. The Morgan fingerprint density at radius 1 is 1.47 bits per heavy atom. The molecule has 0 aliphatic carbocycles. The van der Waals surface area contributed by atoms with Crippen LogP contribution in [0.3, 0.4) is 0 Å². The third kappa shape index (κ3) is 1.66. The fourth-order valence-electron chi connectivity index (χ4n) is 2.89. The molecule has 4 heteroatoms. The molecule has 0 aromatic heterocycles. The van der Waals surface area contributed by atoms with Crippen LogP contribution in [-0.2, 0) is 4.79 Å². The third-order valence-corrected chi connectivity index (χ3v) is 3.91. The minimum absolute atomic E-state index is 0.0402. The molecule has 0 radical (unpaired) electrons. The van der Waals surface area contributed by atoms with Crippen LogP contribution >= 0.6 is 0 Å². The molecule has 0 bridgehead atoms. The fraction of sp³-hybridized carbons (Fsp3) is 0.909. The zero-order chi connectivity index (χ0) is 11.1. The van der Waals surface area contributed by atoms with Gasteiger partial charge in [0.25, 0.3) is 0 Å². The van der Waals surface area contributed by atoms with Gasteiger partial charge in [-0.15, -0.1) is 0 Å². The first kappa shape index (κ1) is 10.9. The summed E-state index contributed by atoms with van der Waals surface area (Å²) in [5.74, 6) is 0.196. The Balaban J connectivity index is 2.17. The Hall–Kier alpha value is -0.610. The monoisotopic (exact) mass is 211 g/mol. The minimum Gasteiger partial charge on any atom is -0.336 e. The molecular formula is C11H21N3O.